The minimum atomic E-state index is -1.32. The van der Waals surface area contributed by atoms with Crippen LogP contribution in [0.5, 0.6) is 0 Å². The molecular weight excluding hydrogens is 225 g/mol. The van der Waals surface area contributed by atoms with Gasteiger partial charge in [0.15, 0.2) is 0 Å². The van der Waals surface area contributed by atoms with Crippen molar-refractivity contribution in [1.82, 2.24) is 5.32 Å². The molecule has 0 aromatic rings. The van der Waals surface area contributed by atoms with Crippen LogP contribution in [0.2, 0.25) is 0 Å². The molecule has 0 aliphatic rings. The smallest absolute Gasteiger partial charge is 0.323 e. The van der Waals surface area contributed by atoms with Crippen LogP contribution >= 0.6 is 0 Å². The number of alkyl halides is 1. The summed E-state index contributed by atoms with van der Waals surface area (Å²) < 4.78 is 12.6. The molecule has 0 fully saturated rings. The van der Waals surface area contributed by atoms with Crippen molar-refractivity contribution in [3.05, 3.63) is 11.6 Å². The molecule has 0 radical (unpaired) electrons. The molecule has 1 atom stereocenters. The Labute approximate surface area is 100 Å². The summed E-state index contributed by atoms with van der Waals surface area (Å²) in [6.07, 6.45) is 3.40. The molecule has 0 bridgehead atoms. The van der Waals surface area contributed by atoms with E-state index in [1.807, 2.05) is 0 Å². The van der Waals surface area contributed by atoms with Crippen LogP contribution in [-0.4, -0.2) is 42.6 Å². The molecule has 0 heterocycles. The minimum Gasteiger partial charge on any atom is -0.480 e. The van der Waals surface area contributed by atoms with Gasteiger partial charge in [-0.1, -0.05) is 6.08 Å². The van der Waals surface area contributed by atoms with Crippen molar-refractivity contribution in [3.8, 4) is 0 Å². The third-order valence-corrected chi connectivity index (χ3v) is 2.41. The highest BCUT2D eigenvalue weighted by molar-refractivity contribution is 5.77. The van der Waals surface area contributed by atoms with Gasteiger partial charge in [-0.25, -0.2) is 4.39 Å². The van der Waals surface area contributed by atoms with Gasteiger partial charge < -0.3 is 21.6 Å². The summed E-state index contributed by atoms with van der Waals surface area (Å²) >= 11 is 0. The predicted molar refractivity (Wildman–Crippen MR) is 65.2 cm³/mol. The van der Waals surface area contributed by atoms with Crippen LogP contribution in [0.3, 0.4) is 0 Å². The lowest BCUT2D eigenvalue weighted by molar-refractivity contribution is -0.142. The van der Waals surface area contributed by atoms with Crippen molar-refractivity contribution in [2.45, 2.75) is 25.3 Å². The molecule has 5 nitrogen and oxygen atoms in total. The van der Waals surface area contributed by atoms with Crippen LogP contribution in [-0.2, 0) is 4.79 Å². The molecular formula is C11H20FN3O2. The number of allylic oxidation sites excluding steroid dienone is 1. The van der Waals surface area contributed by atoms with Gasteiger partial charge in [0.2, 0.25) is 0 Å². The predicted octanol–water partition coefficient (Wildman–Crippen LogP) is 0.704. The van der Waals surface area contributed by atoms with E-state index < -0.39 is 18.2 Å². The zero-order valence-corrected chi connectivity index (χ0v) is 10.0. The van der Waals surface area contributed by atoms with Gasteiger partial charge in [-0.15, -0.1) is 0 Å². The number of carbonyl (C=O) groups is 1. The normalized spacial score (nSPS) is 15.4. The Kier molecular flexibility index (Phi) is 7.32. The largest absolute Gasteiger partial charge is 0.480 e. The first kappa shape index (κ1) is 15.7. The topological polar surface area (TPSA) is 99.2 Å². The van der Waals surface area contributed by atoms with Crippen LogP contribution in [0.1, 0.15) is 19.8 Å². The lowest BCUT2D eigenvalue weighted by atomic mass is 9.94. The second-order valence-electron chi connectivity index (χ2n) is 4.08. The fraction of sp³-hybridized carbons (Fsp3) is 0.636. The SMILES string of the molecule is C[C@](N)(CC/C(=C/CNCC=N)CF)C(=O)O. The number of carboxylic acid groups (broad SMARTS) is 1. The highest BCUT2D eigenvalue weighted by Crippen LogP contribution is 2.14. The maximum absolute atomic E-state index is 12.6. The molecule has 0 amide bonds. The van der Waals surface area contributed by atoms with Crippen molar-refractivity contribution >= 4 is 12.2 Å². The molecule has 0 unspecified atom stereocenters. The van der Waals surface area contributed by atoms with E-state index in [9.17, 15) is 9.18 Å². The Morgan fingerprint density at radius 3 is 2.71 bits per heavy atom. The number of rotatable bonds is 9. The van der Waals surface area contributed by atoms with Crippen molar-refractivity contribution < 1.29 is 14.3 Å². The monoisotopic (exact) mass is 245 g/mol. The van der Waals surface area contributed by atoms with Crippen LogP contribution in [0.25, 0.3) is 0 Å². The van der Waals surface area contributed by atoms with E-state index >= 15 is 0 Å². The van der Waals surface area contributed by atoms with Crippen LogP contribution in [0, 0.1) is 5.41 Å². The molecule has 5 N–H and O–H groups in total. The summed E-state index contributed by atoms with van der Waals surface area (Å²) in [7, 11) is 0. The van der Waals surface area contributed by atoms with Crippen molar-refractivity contribution in [3.63, 3.8) is 0 Å². The van der Waals surface area contributed by atoms with E-state index in [0.29, 0.717) is 25.1 Å². The van der Waals surface area contributed by atoms with E-state index in [1.54, 1.807) is 6.08 Å². The number of nitrogens with two attached hydrogens (primary N) is 1. The van der Waals surface area contributed by atoms with Crippen molar-refractivity contribution in [2.75, 3.05) is 19.8 Å². The Bertz CT molecular complexity index is 290. The van der Waals surface area contributed by atoms with Crippen LogP contribution in [0.15, 0.2) is 11.6 Å². The number of carboxylic acids is 1. The van der Waals surface area contributed by atoms with E-state index in [4.69, 9.17) is 16.2 Å². The van der Waals surface area contributed by atoms with E-state index in [1.165, 1.54) is 13.1 Å². The van der Waals surface area contributed by atoms with Crippen molar-refractivity contribution in [1.29, 1.82) is 5.41 Å². The fourth-order valence-corrected chi connectivity index (χ4v) is 1.12. The molecule has 0 spiro atoms. The quantitative estimate of drug-likeness (QED) is 0.273. The van der Waals surface area contributed by atoms with Gasteiger partial charge in [0.1, 0.15) is 12.2 Å². The molecule has 98 valence electrons. The standard InChI is InChI=1S/C11H20FN3O2/c1-11(14,10(16)17)4-2-9(8-12)3-6-15-7-5-13/h3,5,13,15H,2,4,6-8,14H2,1H3,(H,16,17)/b9-3-,13-5?/t11-/m0/s1. The van der Waals surface area contributed by atoms with Gasteiger partial charge in [0.05, 0.1) is 0 Å². The zero-order chi connectivity index (χ0) is 13.3. The zero-order valence-electron chi connectivity index (χ0n) is 10.0. The van der Waals surface area contributed by atoms with E-state index in [-0.39, 0.29) is 6.42 Å². The Morgan fingerprint density at radius 1 is 1.59 bits per heavy atom. The Morgan fingerprint density at radius 2 is 2.24 bits per heavy atom. The lowest BCUT2D eigenvalue weighted by Gasteiger charge is -2.19. The molecule has 0 aromatic heterocycles. The van der Waals surface area contributed by atoms with Crippen molar-refractivity contribution in [2.24, 2.45) is 5.73 Å². The van der Waals surface area contributed by atoms with Gasteiger partial charge in [-0.2, -0.15) is 0 Å². The second kappa shape index (κ2) is 7.92. The maximum atomic E-state index is 12.6. The number of hydrogen-bond acceptors (Lipinski definition) is 4. The summed E-state index contributed by atoms with van der Waals surface area (Å²) in [6, 6.07) is 0. The third kappa shape index (κ3) is 6.80. The molecule has 0 aliphatic carbocycles. The fourth-order valence-electron chi connectivity index (χ4n) is 1.12. The summed E-state index contributed by atoms with van der Waals surface area (Å²) in [5.41, 5.74) is 4.75. The molecule has 0 saturated carbocycles. The highest BCUT2D eigenvalue weighted by atomic mass is 19.1. The average Bonchev–Trinajstić information content (AvgIpc) is 2.28. The number of hydrogen-bond donors (Lipinski definition) is 4. The first-order valence-electron chi connectivity index (χ1n) is 5.40. The maximum Gasteiger partial charge on any atom is 0.323 e. The molecule has 17 heavy (non-hydrogen) atoms. The Hall–Kier alpha value is -1.27. The number of aliphatic carboxylic acids is 1. The second-order valence-corrected chi connectivity index (χ2v) is 4.08. The first-order valence-corrected chi connectivity index (χ1v) is 5.40. The lowest BCUT2D eigenvalue weighted by Crippen LogP contribution is -2.44. The van der Waals surface area contributed by atoms with Crippen LogP contribution in [0.4, 0.5) is 4.39 Å². The third-order valence-electron chi connectivity index (χ3n) is 2.41. The first-order chi connectivity index (χ1) is 7.94. The van der Waals surface area contributed by atoms with E-state index in [0.717, 1.165) is 0 Å². The van der Waals surface area contributed by atoms with Gasteiger partial charge in [-0.3, -0.25) is 4.79 Å². The Balaban J connectivity index is 4.13. The average molecular weight is 245 g/mol. The van der Waals surface area contributed by atoms with Gasteiger partial charge in [0, 0.05) is 19.3 Å². The number of nitrogens with one attached hydrogen (secondary N) is 2. The summed E-state index contributed by atoms with van der Waals surface area (Å²) in [4.78, 5) is 10.7. The van der Waals surface area contributed by atoms with Gasteiger partial charge in [-0.05, 0) is 25.3 Å². The number of halogens is 1. The van der Waals surface area contributed by atoms with Crippen LogP contribution < -0.4 is 11.1 Å². The highest BCUT2D eigenvalue weighted by Gasteiger charge is 2.27. The summed E-state index contributed by atoms with van der Waals surface area (Å²) in [5.74, 6) is -1.09. The van der Waals surface area contributed by atoms with Gasteiger partial charge >= 0.3 is 5.97 Å². The summed E-state index contributed by atoms with van der Waals surface area (Å²) in [5, 5.41) is 18.5. The summed E-state index contributed by atoms with van der Waals surface area (Å²) in [6.45, 7) is 1.70. The minimum absolute atomic E-state index is 0.197. The molecule has 6 heteroatoms. The van der Waals surface area contributed by atoms with Gasteiger partial charge in [0.25, 0.3) is 0 Å². The molecule has 0 saturated heterocycles. The molecule has 0 rings (SSSR count). The molecule has 0 aromatic carbocycles. The van der Waals surface area contributed by atoms with E-state index in [2.05, 4.69) is 5.32 Å². The molecule has 0 aliphatic heterocycles.